The zero-order chi connectivity index (χ0) is 10.4. The number of hydrogen-bond acceptors (Lipinski definition) is 1. The minimum atomic E-state index is 0.299. The van der Waals surface area contributed by atoms with Gasteiger partial charge in [0.05, 0.1) is 0 Å². The van der Waals surface area contributed by atoms with Crippen molar-refractivity contribution in [3.8, 4) is 0 Å². The fourth-order valence-electron chi connectivity index (χ4n) is 2.42. The first-order valence-corrected chi connectivity index (χ1v) is 5.40. The molecule has 1 aromatic heterocycles. The molecule has 0 bridgehead atoms. The summed E-state index contributed by atoms with van der Waals surface area (Å²) in [7, 11) is 0. The zero-order valence-electron chi connectivity index (χ0n) is 8.76. The maximum Gasteiger partial charge on any atom is 0.165 e. The van der Waals surface area contributed by atoms with Crippen LogP contribution in [0.15, 0.2) is 18.2 Å². The van der Waals surface area contributed by atoms with Crippen LogP contribution in [-0.2, 0) is 6.42 Å². The molecule has 1 aliphatic rings. The number of aromatic amines is 1. The standard InChI is InChI=1S/C13H13NO/c1-8-5-6-10-9(7-8)13-11(14-10)3-2-4-12(13)15/h5-7,14H,2-4H2,1H3. The molecule has 0 spiro atoms. The highest BCUT2D eigenvalue weighted by Crippen LogP contribution is 2.29. The summed E-state index contributed by atoms with van der Waals surface area (Å²) in [6.45, 7) is 2.06. The SMILES string of the molecule is Cc1ccc2[nH]c3c(c2c1)C(=O)CCC3. The van der Waals surface area contributed by atoms with E-state index >= 15 is 0 Å². The van der Waals surface area contributed by atoms with Crippen molar-refractivity contribution in [1.82, 2.24) is 4.98 Å². The van der Waals surface area contributed by atoms with Crippen molar-refractivity contribution in [2.75, 3.05) is 0 Å². The van der Waals surface area contributed by atoms with Gasteiger partial charge in [0, 0.05) is 28.6 Å². The van der Waals surface area contributed by atoms with Crippen molar-refractivity contribution >= 4 is 16.7 Å². The maximum absolute atomic E-state index is 11.9. The number of aryl methyl sites for hydroxylation is 2. The van der Waals surface area contributed by atoms with Crippen LogP contribution in [0.5, 0.6) is 0 Å². The number of aromatic nitrogens is 1. The first kappa shape index (κ1) is 8.72. The van der Waals surface area contributed by atoms with Gasteiger partial charge in [-0.1, -0.05) is 11.6 Å². The number of hydrogen-bond donors (Lipinski definition) is 1. The largest absolute Gasteiger partial charge is 0.358 e. The van der Waals surface area contributed by atoms with E-state index in [1.807, 2.05) is 0 Å². The molecule has 76 valence electrons. The Balaban J connectivity index is 2.38. The quantitative estimate of drug-likeness (QED) is 0.695. The lowest BCUT2D eigenvalue weighted by atomic mass is 9.94. The summed E-state index contributed by atoms with van der Waals surface area (Å²) in [6, 6.07) is 6.25. The number of nitrogens with one attached hydrogen (secondary N) is 1. The fourth-order valence-corrected chi connectivity index (χ4v) is 2.42. The summed E-state index contributed by atoms with van der Waals surface area (Å²) in [5, 5.41) is 1.11. The lowest BCUT2D eigenvalue weighted by Crippen LogP contribution is -2.08. The Morgan fingerprint density at radius 1 is 1.27 bits per heavy atom. The second-order valence-corrected chi connectivity index (χ2v) is 4.30. The van der Waals surface area contributed by atoms with E-state index in [9.17, 15) is 4.79 Å². The first-order chi connectivity index (χ1) is 7.25. The monoisotopic (exact) mass is 199 g/mol. The van der Waals surface area contributed by atoms with Gasteiger partial charge in [0.15, 0.2) is 5.78 Å². The van der Waals surface area contributed by atoms with E-state index in [0.717, 1.165) is 35.0 Å². The average molecular weight is 199 g/mol. The summed E-state index contributed by atoms with van der Waals surface area (Å²) in [4.78, 5) is 15.2. The van der Waals surface area contributed by atoms with Gasteiger partial charge in [-0.3, -0.25) is 4.79 Å². The summed E-state index contributed by atoms with van der Waals surface area (Å²) in [5.41, 5.74) is 4.38. The number of ketones is 1. The minimum Gasteiger partial charge on any atom is -0.358 e. The Hall–Kier alpha value is -1.57. The molecule has 2 aromatic rings. The molecule has 1 N–H and O–H groups in total. The van der Waals surface area contributed by atoms with Crippen molar-refractivity contribution in [1.29, 1.82) is 0 Å². The number of carbonyl (C=O) groups excluding carboxylic acids is 1. The van der Waals surface area contributed by atoms with E-state index in [-0.39, 0.29) is 0 Å². The van der Waals surface area contributed by atoms with Gasteiger partial charge in [0.2, 0.25) is 0 Å². The Kier molecular flexibility index (Phi) is 1.72. The van der Waals surface area contributed by atoms with Crippen LogP contribution in [-0.4, -0.2) is 10.8 Å². The summed E-state index contributed by atoms with van der Waals surface area (Å²) in [5.74, 6) is 0.299. The molecule has 0 unspecified atom stereocenters. The van der Waals surface area contributed by atoms with Crippen molar-refractivity contribution in [2.45, 2.75) is 26.2 Å². The van der Waals surface area contributed by atoms with E-state index in [0.29, 0.717) is 12.2 Å². The first-order valence-electron chi connectivity index (χ1n) is 5.40. The number of carbonyl (C=O) groups is 1. The summed E-state index contributed by atoms with van der Waals surface area (Å²) >= 11 is 0. The molecule has 0 saturated carbocycles. The predicted molar refractivity (Wildman–Crippen MR) is 60.3 cm³/mol. The van der Waals surface area contributed by atoms with Crippen LogP contribution in [0.2, 0.25) is 0 Å². The molecule has 1 aromatic carbocycles. The zero-order valence-corrected chi connectivity index (χ0v) is 8.76. The summed E-state index contributed by atoms with van der Waals surface area (Å²) < 4.78 is 0. The normalized spacial score (nSPS) is 15.7. The van der Waals surface area contributed by atoms with Gasteiger partial charge in [-0.15, -0.1) is 0 Å². The van der Waals surface area contributed by atoms with Crippen molar-refractivity contribution in [3.63, 3.8) is 0 Å². The second kappa shape index (κ2) is 2.96. The molecular weight excluding hydrogens is 186 g/mol. The Bertz CT molecular complexity index is 551. The Morgan fingerprint density at radius 3 is 3.00 bits per heavy atom. The Morgan fingerprint density at radius 2 is 2.13 bits per heavy atom. The number of H-pyrrole nitrogens is 1. The Labute approximate surface area is 88.3 Å². The maximum atomic E-state index is 11.9. The van der Waals surface area contributed by atoms with Crippen molar-refractivity contribution in [2.24, 2.45) is 0 Å². The van der Waals surface area contributed by atoms with Crippen LogP contribution in [0.25, 0.3) is 10.9 Å². The molecule has 3 rings (SSSR count). The van der Waals surface area contributed by atoms with Crippen molar-refractivity contribution in [3.05, 3.63) is 35.0 Å². The van der Waals surface area contributed by atoms with E-state index in [1.54, 1.807) is 0 Å². The van der Waals surface area contributed by atoms with Gasteiger partial charge in [-0.05, 0) is 31.9 Å². The molecule has 2 heteroatoms. The molecule has 2 nitrogen and oxygen atoms in total. The summed E-state index contributed by atoms with van der Waals surface area (Å²) in [6.07, 6.45) is 2.69. The minimum absolute atomic E-state index is 0.299. The average Bonchev–Trinajstić information content (AvgIpc) is 2.57. The molecule has 0 atom stereocenters. The number of fused-ring (bicyclic) bond motifs is 3. The highest BCUT2D eigenvalue weighted by molar-refractivity contribution is 6.10. The third-order valence-corrected chi connectivity index (χ3v) is 3.14. The van der Waals surface area contributed by atoms with Gasteiger partial charge in [0.25, 0.3) is 0 Å². The predicted octanol–water partition coefficient (Wildman–Crippen LogP) is 3.00. The van der Waals surface area contributed by atoms with Gasteiger partial charge < -0.3 is 4.98 Å². The van der Waals surface area contributed by atoms with E-state index in [4.69, 9.17) is 0 Å². The number of Topliss-reactive ketones (excluding diaryl/α,β-unsaturated/α-hetero) is 1. The molecule has 0 radical (unpaired) electrons. The number of rotatable bonds is 0. The molecule has 1 heterocycles. The van der Waals surface area contributed by atoms with Crippen LogP contribution in [0.1, 0.15) is 34.5 Å². The van der Waals surface area contributed by atoms with Crippen LogP contribution in [0.4, 0.5) is 0 Å². The number of benzene rings is 1. The molecule has 15 heavy (non-hydrogen) atoms. The van der Waals surface area contributed by atoms with Crippen LogP contribution >= 0.6 is 0 Å². The highest BCUT2D eigenvalue weighted by Gasteiger charge is 2.21. The van der Waals surface area contributed by atoms with E-state index in [1.165, 1.54) is 5.56 Å². The lowest BCUT2D eigenvalue weighted by molar-refractivity contribution is 0.0974. The molecule has 0 amide bonds. The van der Waals surface area contributed by atoms with Crippen molar-refractivity contribution < 1.29 is 4.79 Å². The highest BCUT2D eigenvalue weighted by atomic mass is 16.1. The van der Waals surface area contributed by atoms with Crippen LogP contribution < -0.4 is 0 Å². The third-order valence-electron chi connectivity index (χ3n) is 3.14. The van der Waals surface area contributed by atoms with Gasteiger partial charge in [-0.2, -0.15) is 0 Å². The lowest BCUT2D eigenvalue weighted by Gasteiger charge is -2.09. The second-order valence-electron chi connectivity index (χ2n) is 4.30. The van der Waals surface area contributed by atoms with Crippen LogP contribution in [0, 0.1) is 6.92 Å². The van der Waals surface area contributed by atoms with Crippen LogP contribution in [0.3, 0.4) is 0 Å². The molecule has 0 saturated heterocycles. The molecule has 0 fully saturated rings. The van der Waals surface area contributed by atoms with Gasteiger partial charge in [-0.25, -0.2) is 0 Å². The smallest absolute Gasteiger partial charge is 0.165 e. The van der Waals surface area contributed by atoms with E-state index in [2.05, 4.69) is 30.1 Å². The molecule has 1 aliphatic carbocycles. The third kappa shape index (κ3) is 1.21. The fraction of sp³-hybridized carbons (Fsp3) is 0.308. The van der Waals surface area contributed by atoms with Gasteiger partial charge >= 0.3 is 0 Å². The molecule has 0 aliphatic heterocycles. The topological polar surface area (TPSA) is 32.9 Å². The molecular formula is C13H13NO. The van der Waals surface area contributed by atoms with Gasteiger partial charge in [0.1, 0.15) is 0 Å². The van der Waals surface area contributed by atoms with E-state index < -0.39 is 0 Å².